The van der Waals surface area contributed by atoms with E-state index in [9.17, 15) is 23.3 Å². The SMILES string of the molecule is CCS(=O)(=O)c1nsc(NC(=O)/C(C#N)=C\c2ccc(OC(=O)c3ccc(C)cc3)cc2)n1. The largest absolute Gasteiger partial charge is 0.423 e. The molecule has 0 aliphatic heterocycles. The van der Waals surface area contributed by atoms with Gasteiger partial charge in [0.05, 0.1) is 11.3 Å². The summed E-state index contributed by atoms with van der Waals surface area (Å²) < 4.78 is 32.6. The summed E-state index contributed by atoms with van der Waals surface area (Å²) in [6.07, 6.45) is 1.34. The molecule has 0 aliphatic rings. The quantitative estimate of drug-likeness (QED) is 0.234. The van der Waals surface area contributed by atoms with Gasteiger partial charge in [-0.3, -0.25) is 10.1 Å². The first kappa shape index (κ1) is 23.8. The van der Waals surface area contributed by atoms with Crippen molar-refractivity contribution in [3.63, 3.8) is 0 Å². The summed E-state index contributed by atoms with van der Waals surface area (Å²) in [5, 5.41) is 11.3. The minimum Gasteiger partial charge on any atom is -0.423 e. The van der Waals surface area contributed by atoms with Gasteiger partial charge in [0.1, 0.15) is 17.4 Å². The molecule has 0 aliphatic carbocycles. The van der Waals surface area contributed by atoms with E-state index in [0.717, 1.165) is 5.56 Å². The molecule has 0 saturated heterocycles. The van der Waals surface area contributed by atoms with Gasteiger partial charge in [-0.1, -0.05) is 36.8 Å². The van der Waals surface area contributed by atoms with Gasteiger partial charge in [-0.25, -0.2) is 13.2 Å². The number of nitriles is 1. The lowest BCUT2D eigenvalue weighted by atomic mass is 10.1. The standard InChI is InChI=1S/C22H18N4O5S2/c1-3-33(29,30)22-25-21(32-26-22)24-19(27)17(13-23)12-15-6-10-18(11-7-15)31-20(28)16-8-4-14(2)5-9-16/h4-12H,3H2,1-2H3,(H,24,25,26,27)/b17-12-. The Morgan fingerprint density at radius 1 is 1.15 bits per heavy atom. The molecule has 0 fully saturated rings. The molecule has 3 aromatic rings. The summed E-state index contributed by atoms with van der Waals surface area (Å²) in [6, 6.07) is 15.0. The lowest BCUT2D eigenvalue weighted by molar-refractivity contribution is -0.112. The van der Waals surface area contributed by atoms with E-state index >= 15 is 0 Å². The number of esters is 1. The van der Waals surface area contributed by atoms with Crippen molar-refractivity contribution in [2.45, 2.75) is 19.0 Å². The number of hydrogen-bond donors (Lipinski definition) is 1. The van der Waals surface area contributed by atoms with Gasteiger partial charge in [-0.05, 0) is 42.8 Å². The Bertz CT molecular complexity index is 1350. The van der Waals surface area contributed by atoms with Crippen molar-refractivity contribution in [3.8, 4) is 11.8 Å². The van der Waals surface area contributed by atoms with Crippen LogP contribution in [0.15, 0.2) is 59.3 Å². The summed E-state index contributed by atoms with van der Waals surface area (Å²) in [6.45, 7) is 3.37. The summed E-state index contributed by atoms with van der Waals surface area (Å²) in [4.78, 5) is 28.4. The summed E-state index contributed by atoms with van der Waals surface area (Å²) >= 11 is 0.703. The zero-order valence-electron chi connectivity index (χ0n) is 17.6. The zero-order chi connectivity index (χ0) is 24.0. The Morgan fingerprint density at radius 3 is 2.42 bits per heavy atom. The average molecular weight is 483 g/mol. The topological polar surface area (TPSA) is 139 Å². The highest BCUT2D eigenvalue weighted by Gasteiger charge is 2.20. The highest BCUT2D eigenvalue weighted by molar-refractivity contribution is 7.91. The minimum atomic E-state index is -3.60. The maximum absolute atomic E-state index is 12.4. The molecule has 3 rings (SSSR count). The van der Waals surface area contributed by atoms with Crippen LogP contribution in [0.2, 0.25) is 0 Å². The number of aromatic nitrogens is 2. The molecule has 0 spiro atoms. The summed E-state index contributed by atoms with van der Waals surface area (Å²) in [5.74, 6) is -1.13. The highest BCUT2D eigenvalue weighted by Crippen LogP contribution is 2.19. The lowest BCUT2D eigenvalue weighted by Crippen LogP contribution is -2.13. The number of carbonyl (C=O) groups is 2. The molecule has 0 unspecified atom stereocenters. The molecule has 0 bridgehead atoms. The van der Waals surface area contributed by atoms with Gasteiger partial charge in [0.25, 0.3) is 11.1 Å². The van der Waals surface area contributed by atoms with Crippen LogP contribution < -0.4 is 10.1 Å². The number of nitrogens with zero attached hydrogens (tertiary/aromatic N) is 3. The van der Waals surface area contributed by atoms with Crippen LogP contribution >= 0.6 is 11.5 Å². The normalized spacial score (nSPS) is 11.5. The average Bonchev–Trinajstić information content (AvgIpc) is 3.28. The summed E-state index contributed by atoms with van der Waals surface area (Å²) in [7, 11) is -3.60. The first-order valence-electron chi connectivity index (χ1n) is 9.60. The Morgan fingerprint density at radius 2 is 1.82 bits per heavy atom. The molecule has 1 amide bonds. The van der Waals surface area contributed by atoms with E-state index in [1.54, 1.807) is 30.3 Å². The van der Waals surface area contributed by atoms with E-state index in [1.165, 1.54) is 25.1 Å². The number of benzene rings is 2. The van der Waals surface area contributed by atoms with Gasteiger partial charge >= 0.3 is 5.97 Å². The Balaban J connectivity index is 1.68. The molecule has 0 radical (unpaired) electrons. The van der Waals surface area contributed by atoms with Crippen LogP contribution in [0, 0.1) is 18.3 Å². The van der Waals surface area contributed by atoms with Gasteiger partial charge < -0.3 is 4.74 Å². The van der Waals surface area contributed by atoms with Crippen molar-refractivity contribution in [2.24, 2.45) is 0 Å². The molecule has 11 heteroatoms. The number of hydrogen-bond acceptors (Lipinski definition) is 9. The van der Waals surface area contributed by atoms with E-state index < -0.39 is 21.7 Å². The molecule has 2 aromatic carbocycles. The maximum atomic E-state index is 12.4. The molecule has 33 heavy (non-hydrogen) atoms. The second kappa shape index (κ2) is 10.2. The monoisotopic (exact) mass is 482 g/mol. The molecule has 1 heterocycles. The van der Waals surface area contributed by atoms with Crippen LogP contribution in [0.25, 0.3) is 6.08 Å². The van der Waals surface area contributed by atoms with Crippen LogP contribution in [0.5, 0.6) is 5.75 Å². The highest BCUT2D eigenvalue weighted by atomic mass is 32.2. The van der Waals surface area contributed by atoms with Crippen LogP contribution in [0.3, 0.4) is 0 Å². The third kappa shape index (κ3) is 6.09. The molecular weight excluding hydrogens is 464 g/mol. The molecule has 0 atom stereocenters. The van der Waals surface area contributed by atoms with E-state index in [-0.39, 0.29) is 21.6 Å². The van der Waals surface area contributed by atoms with Gasteiger partial charge in [-0.2, -0.15) is 14.6 Å². The van der Waals surface area contributed by atoms with Crippen LogP contribution in [-0.4, -0.2) is 35.4 Å². The van der Waals surface area contributed by atoms with Gasteiger partial charge in [0.15, 0.2) is 0 Å². The molecule has 168 valence electrons. The number of aryl methyl sites for hydroxylation is 1. The maximum Gasteiger partial charge on any atom is 0.343 e. The third-order valence-corrected chi connectivity index (χ3v) is 6.59. The second-order valence-corrected chi connectivity index (χ2v) is 9.66. The predicted octanol–water partition coefficient (Wildman–Crippen LogP) is 3.41. The van der Waals surface area contributed by atoms with Crippen molar-refractivity contribution in [1.82, 2.24) is 9.36 Å². The van der Waals surface area contributed by atoms with Gasteiger partial charge in [0, 0.05) is 11.5 Å². The van der Waals surface area contributed by atoms with Crippen molar-refractivity contribution in [1.29, 1.82) is 5.26 Å². The second-order valence-electron chi connectivity index (χ2n) is 6.73. The fourth-order valence-electron chi connectivity index (χ4n) is 2.48. The molecule has 1 aromatic heterocycles. The number of carbonyl (C=O) groups excluding carboxylic acids is 2. The Hall–Kier alpha value is -3.88. The number of amides is 1. The van der Waals surface area contributed by atoms with Crippen molar-refractivity contribution < 1.29 is 22.7 Å². The van der Waals surface area contributed by atoms with Crippen LogP contribution in [-0.2, 0) is 14.6 Å². The van der Waals surface area contributed by atoms with E-state index in [1.807, 2.05) is 19.1 Å². The smallest absolute Gasteiger partial charge is 0.343 e. The van der Waals surface area contributed by atoms with Gasteiger partial charge in [0.2, 0.25) is 15.0 Å². The molecule has 0 saturated carbocycles. The van der Waals surface area contributed by atoms with E-state index in [0.29, 0.717) is 28.4 Å². The first-order chi connectivity index (χ1) is 15.7. The Labute approximate surface area is 194 Å². The summed E-state index contributed by atoms with van der Waals surface area (Å²) in [5.41, 5.74) is 1.73. The number of sulfone groups is 1. The minimum absolute atomic E-state index is 0.0356. The van der Waals surface area contributed by atoms with E-state index in [4.69, 9.17) is 4.74 Å². The fraction of sp³-hybridized carbons (Fsp3) is 0.136. The van der Waals surface area contributed by atoms with Crippen molar-refractivity contribution in [3.05, 3.63) is 70.8 Å². The van der Waals surface area contributed by atoms with Gasteiger partial charge in [-0.15, -0.1) is 0 Å². The number of anilines is 1. The fourth-order valence-corrected chi connectivity index (χ4v) is 4.07. The third-order valence-electron chi connectivity index (χ3n) is 4.34. The molecular formula is C22H18N4O5S2. The number of nitrogens with one attached hydrogen (secondary N) is 1. The zero-order valence-corrected chi connectivity index (χ0v) is 19.2. The number of ether oxygens (including phenoxy) is 1. The molecule has 9 nitrogen and oxygen atoms in total. The van der Waals surface area contributed by atoms with E-state index in [2.05, 4.69) is 14.7 Å². The van der Waals surface area contributed by atoms with Crippen LogP contribution in [0.1, 0.15) is 28.4 Å². The van der Waals surface area contributed by atoms with Crippen molar-refractivity contribution >= 4 is 44.5 Å². The molecule has 1 N–H and O–H groups in total. The Kier molecular flexibility index (Phi) is 7.32. The van der Waals surface area contributed by atoms with Crippen LogP contribution in [0.4, 0.5) is 5.13 Å². The predicted molar refractivity (Wildman–Crippen MR) is 122 cm³/mol. The van der Waals surface area contributed by atoms with Crippen molar-refractivity contribution in [2.75, 3.05) is 11.1 Å². The lowest BCUT2D eigenvalue weighted by Gasteiger charge is -2.05. The first-order valence-corrected chi connectivity index (χ1v) is 12.0. The number of rotatable bonds is 7.